The standard InChI is InChI=1S/C13H15N3OS/c1-13(2)7-8-16(12(18)15-13)10-5-3-9(4-6-10)11(14)17/h3-8H,1-2H3,(H2,14,17)(H,15,18). The minimum atomic E-state index is -0.433. The predicted octanol–water partition coefficient (Wildman–Crippen LogP) is 1.77. The molecule has 5 heteroatoms. The summed E-state index contributed by atoms with van der Waals surface area (Å²) in [4.78, 5) is 12.8. The molecule has 1 amide bonds. The largest absolute Gasteiger partial charge is 0.366 e. The van der Waals surface area contributed by atoms with Crippen molar-refractivity contribution >= 4 is 28.9 Å². The quantitative estimate of drug-likeness (QED) is 0.797. The summed E-state index contributed by atoms with van der Waals surface area (Å²) < 4.78 is 0. The Morgan fingerprint density at radius 2 is 1.94 bits per heavy atom. The molecule has 0 radical (unpaired) electrons. The summed E-state index contributed by atoms with van der Waals surface area (Å²) >= 11 is 5.31. The smallest absolute Gasteiger partial charge is 0.248 e. The van der Waals surface area contributed by atoms with E-state index < -0.39 is 5.91 Å². The zero-order valence-corrected chi connectivity index (χ0v) is 11.1. The normalized spacial score (nSPS) is 17.4. The number of hydrogen-bond acceptors (Lipinski definition) is 2. The van der Waals surface area contributed by atoms with E-state index in [4.69, 9.17) is 18.0 Å². The average molecular weight is 261 g/mol. The molecular formula is C13H15N3OS. The van der Waals surface area contributed by atoms with Gasteiger partial charge in [0.15, 0.2) is 5.11 Å². The van der Waals surface area contributed by atoms with E-state index in [1.807, 2.05) is 43.2 Å². The molecule has 94 valence electrons. The topological polar surface area (TPSA) is 58.4 Å². The highest BCUT2D eigenvalue weighted by atomic mass is 32.1. The van der Waals surface area contributed by atoms with Crippen LogP contribution in [0.25, 0.3) is 0 Å². The van der Waals surface area contributed by atoms with Gasteiger partial charge in [0.25, 0.3) is 0 Å². The number of rotatable bonds is 2. The molecule has 3 N–H and O–H groups in total. The van der Waals surface area contributed by atoms with Crippen LogP contribution in [-0.2, 0) is 0 Å². The Bertz CT molecular complexity index is 520. The zero-order chi connectivity index (χ0) is 13.3. The molecule has 0 bridgehead atoms. The molecule has 0 aromatic heterocycles. The molecule has 0 unspecified atom stereocenters. The van der Waals surface area contributed by atoms with Crippen LogP contribution in [0.1, 0.15) is 24.2 Å². The first kappa shape index (κ1) is 12.6. The molecule has 1 aliphatic heterocycles. The van der Waals surface area contributed by atoms with Crippen molar-refractivity contribution in [1.29, 1.82) is 0 Å². The minimum absolute atomic E-state index is 0.138. The maximum absolute atomic E-state index is 11.0. The van der Waals surface area contributed by atoms with Gasteiger partial charge >= 0.3 is 0 Å². The molecule has 0 saturated heterocycles. The predicted molar refractivity (Wildman–Crippen MR) is 76.4 cm³/mol. The van der Waals surface area contributed by atoms with E-state index in [0.717, 1.165) is 5.69 Å². The SMILES string of the molecule is CC1(C)C=CN(c2ccc(C(N)=O)cc2)C(=S)N1. The second-order valence-corrected chi connectivity index (χ2v) is 5.14. The molecule has 0 saturated carbocycles. The van der Waals surface area contributed by atoms with E-state index in [1.54, 1.807) is 12.1 Å². The summed E-state index contributed by atoms with van der Waals surface area (Å²) in [6.45, 7) is 4.09. The van der Waals surface area contributed by atoms with E-state index in [9.17, 15) is 4.79 Å². The maximum atomic E-state index is 11.0. The second kappa shape index (κ2) is 4.42. The van der Waals surface area contributed by atoms with Crippen molar-refractivity contribution in [2.45, 2.75) is 19.4 Å². The number of carbonyl (C=O) groups excluding carboxylic acids is 1. The van der Waals surface area contributed by atoms with E-state index in [2.05, 4.69) is 5.32 Å². The molecule has 0 spiro atoms. The third-order valence-electron chi connectivity index (χ3n) is 2.72. The van der Waals surface area contributed by atoms with Gasteiger partial charge < -0.3 is 11.1 Å². The van der Waals surface area contributed by atoms with Gasteiger partial charge in [0.1, 0.15) is 0 Å². The molecule has 1 heterocycles. The van der Waals surface area contributed by atoms with E-state index in [0.29, 0.717) is 10.7 Å². The molecule has 1 aliphatic rings. The Morgan fingerprint density at radius 1 is 1.33 bits per heavy atom. The van der Waals surface area contributed by atoms with Crippen LogP contribution in [0.15, 0.2) is 36.5 Å². The van der Waals surface area contributed by atoms with Gasteiger partial charge in [-0.15, -0.1) is 0 Å². The van der Waals surface area contributed by atoms with Gasteiger partial charge in [-0.25, -0.2) is 0 Å². The Balaban J connectivity index is 2.27. The zero-order valence-electron chi connectivity index (χ0n) is 10.3. The van der Waals surface area contributed by atoms with Crippen LogP contribution in [0.5, 0.6) is 0 Å². The fourth-order valence-corrected chi connectivity index (χ4v) is 2.13. The highest BCUT2D eigenvalue weighted by Crippen LogP contribution is 2.21. The van der Waals surface area contributed by atoms with Crippen LogP contribution in [0, 0.1) is 0 Å². The van der Waals surface area contributed by atoms with Crippen molar-refractivity contribution < 1.29 is 4.79 Å². The number of benzene rings is 1. The van der Waals surface area contributed by atoms with Gasteiger partial charge in [-0.1, -0.05) is 0 Å². The number of thiocarbonyl (C=S) groups is 1. The molecule has 0 aliphatic carbocycles. The Hall–Kier alpha value is -1.88. The molecule has 2 rings (SSSR count). The summed E-state index contributed by atoms with van der Waals surface area (Å²) in [5, 5.41) is 3.85. The molecule has 18 heavy (non-hydrogen) atoms. The number of nitrogens with one attached hydrogen (secondary N) is 1. The van der Waals surface area contributed by atoms with Crippen LogP contribution in [0.2, 0.25) is 0 Å². The molecule has 0 fully saturated rings. The number of nitrogens with two attached hydrogens (primary N) is 1. The van der Waals surface area contributed by atoms with Crippen molar-refractivity contribution in [3.63, 3.8) is 0 Å². The lowest BCUT2D eigenvalue weighted by molar-refractivity contribution is 0.100. The number of anilines is 1. The fourth-order valence-electron chi connectivity index (χ4n) is 1.70. The van der Waals surface area contributed by atoms with E-state index >= 15 is 0 Å². The number of nitrogens with zero attached hydrogens (tertiary/aromatic N) is 1. The molecule has 0 atom stereocenters. The van der Waals surface area contributed by atoms with Crippen molar-refractivity contribution in [2.24, 2.45) is 5.73 Å². The summed E-state index contributed by atoms with van der Waals surface area (Å²) in [5.41, 5.74) is 6.44. The van der Waals surface area contributed by atoms with Gasteiger partial charge in [0, 0.05) is 17.5 Å². The Kier molecular flexibility index (Phi) is 3.09. The van der Waals surface area contributed by atoms with Crippen LogP contribution in [-0.4, -0.2) is 16.6 Å². The monoisotopic (exact) mass is 261 g/mol. The first-order chi connectivity index (χ1) is 8.39. The van der Waals surface area contributed by atoms with Crippen LogP contribution >= 0.6 is 12.2 Å². The van der Waals surface area contributed by atoms with Gasteiger partial charge in [-0.05, 0) is 56.4 Å². The molecule has 1 aromatic carbocycles. The van der Waals surface area contributed by atoms with Crippen molar-refractivity contribution in [3.8, 4) is 0 Å². The van der Waals surface area contributed by atoms with Gasteiger partial charge in [0.2, 0.25) is 5.91 Å². The van der Waals surface area contributed by atoms with Crippen molar-refractivity contribution in [3.05, 3.63) is 42.1 Å². The van der Waals surface area contributed by atoms with Crippen molar-refractivity contribution in [1.82, 2.24) is 5.32 Å². The van der Waals surface area contributed by atoms with Gasteiger partial charge in [-0.2, -0.15) is 0 Å². The number of primary amides is 1. The molecular weight excluding hydrogens is 246 g/mol. The van der Waals surface area contributed by atoms with Gasteiger partial charge in [0.05, 0.1) is 5.54 Å². The number of amides is 1. The summed E-state index contributed by atoms with van der Waals surface area (Å²) in [6.07, 6.45) is 3.96. The van der Waals surface area contributed by atoms with Crippen LogP contribution in [0.3, 0.4) is 0 Å². The summed E-state index contributed by atoms with van der Waals surface area (Å²) in [7, 11) is 0. The molecule has 4 nitrogen and oxygen atoms in total. The Labute approximate surface area is 111 Å². The lowest BCUT2D eigenvalue weighted by Crippen LogP contribution is -2.51. The summed E-state index contributed by atoms with van der Waals surface area (Å²) in [6, 6.07) is 7.01. The lowest BCUT2D eigenvalue weighted by Gasteiger charge is -2.34. The molecule has 1 aromatic rings. The van der Waals surface area contributed by atoms with Gasteiger partial charge in [-0.3, -0.25) is 9.69 Å². The van der Waals surface area contributed by atoms with E-state index in [1.165, 1.54) is 0 Å². The average Bonchev–Trinajstić information content (AvgIpc) is 2.28. The number of carbonyl (C=O) groups is 1. The third-order valence-corrected chi connectivity index (χ3v) is 3.02. The van der Waals surface area contributed by atoms with Crippen LogP contribution in [0.4, 0.5) is 5.69 Å². The van der Waals surface area contributed by atoms with E-state index in [-0.39, 0.29) is 5.54 Å². The van der Waals surface area contributed by atoms with Crippen molar-refractivity contribution in [2.75, 3.05) is 4.90 Å². The first-order valence-electron chi connectivity index (χ1n) is 5.60. The highest BCUT2D eigenvalue weighted by Gasteiger charge is 2.23. The fraction of sp³-hybridized carbons (Fsp3) is 0.231. The highest BCUT2D eigenvalue weighted by molar-refractivity contribution is 7.80. The maximum Gasteiger partial charge on any atom is 0.248 e. The third kappa shape index (κ3) is 2.51. The second-order valence-electron chi connectivity index (χ2n) is 4.75. The lowest BCUT2D eigenvalue weighted by atomic mass is 10.0. The minimum Gasteiger partial charge on any atom is -0.366 e. The van der Waals surface area contributed by atoms with Crippen LogP contribution < -0.4 is 16.0 Å². The summed E-state index contributed by atoms with van der Waals surface area (Å²) in [5.74, 6) is -0.433. The number of hydrogen-bond donors (Lipinski definition) is 2. The Morgan fingerprint density at radius 3 is 2.44 bits per heavy atom. The first-order valence-corrected chi connectivity index (χ1v) is 6.00.